The Morgan fingerprint density at radius 3 is 2.26 bits per heavy atom. The van der Waals surface area contributed by atoms with Crippen LogP contribution in [0.3, 0.4) is 0 Å². The highest BCUT2D eigenvalue weighted by atomic mass is 16.7. The molecule has 5 rings (SSSR count). The van der Waals surface area contributed by atoms with E-state index in [0.29, 0.717) is 18.6 Å². The molecular weight excluding hydrogens is 392 g/mol. The summed E-state index contributed by atoms with van der Waals surface area (Å²) in [5, 5.41) is 12.1. The van der Waals surface area contributed by atoms with Crippen LogP contribution in [0, 0.1) is 0 Å². The first-order valence-corrected chi connectivity index (χ1v) is 10.5. The first-order chi connectivity index (χ1) is 15.1. The quantitative estimate of drug-likeness (QED) is 0.668. The van der Waals surface area contributed by atoms with Gasteiger partial charge in [0.25, 0.3) is 0 Å². The lowest BCUT2D eigenvalue weighted by atomic mass is 9.77. The average Bonchev–Trinajstić information content (AvgIpc) is 3.34. The molecule has 0 spiro atoms. The SMILES string of the molecule is COc1cccc([C@H]2[C@@H]3OCC[C@]3(c3cccc(OC)c3)O[C@]2(O)c2ccccc2)c1. The van der Waals surface area contributed by atoms with Crippen molar-refractivity contribution in [3.05, 3.63) is 95.6 Å². The minimum absolute atomic E-state index is 0.378. The van der Waals surface area contributed by atoms with Crippen LogP contribution in [0.4, 0.5) is 0 Å². The topological polar surface area (TPSA) is 57.2 Å². The molecule has 0 aliphatic carbocycles. The predicted octanol–water partition coefficient (Wildman–Crippen LogP) is 4.35. The van der Waals surface area contributed by atoms with Gasteiger partial charge < -0.3 is 24.1 Å². The van der Waals surface area contributed by atoms with Crippen molar-refractivity contribution >= 4 is 0 Å². The summed E-state index contributed by atoms with van der Waals surface area (Å²) < 4.78 is 23.9. The Kier molecular flexibility index (Phi) is 4.97. The highest BCUT2D eigenvalue weighted by Gasteiger charge is 2.66. The number of methoxy groups -OCH3 is 2. The maximum atomic E-state index is 12.1. The highest BCUT2D eigenvalue weighted by Crippen LogP contribution is 2.61. The fourth-order valence-corrected chi connectivity index (χ4v) is 5.04. The van der Waals surface area contributed by atoms with Crippen LogP contribution in [0.1, 0.15) is 29.0 Å². The molecule has 2 heterocycles. The van der Waals surface area contributed by atoms with Crippen molar-refractivity contribution in [2.45, 2.75) is 29.8 Å². The van der Waals surface area contributed by atoms with E-state index >= 15 is 0 Å². The summed E-state index contributed by atoms with van der Waals surface area (Å²) in [5.41, 5.74) is 1.74. The zero-order valence-corrected chi connectivity index (χ0v) is 17.7. The van der Waals surface area contributed by atoms with E-state index < -0.39 is 17.3 Å². The lowest BCUT2D eigenvalue weighted by molar-refractivity contribution is -0.241. The average molecular weight is 418 g/mol. The zero-order valence-electron chi connectivity index (χ0n) is 17.7. The van der Waals surface area contributed by atoms with Crippen LogP contribution >= 0.6 is 0 Å². The van der Waals surface area contributed by atoms with E-state index in [2.05, 4.69) is 0 Å². The molecule has 1 N–H and O–H groups in total. The number of hydrogen-bond donors (Lipinski definition) is 1. The fourth-order valence-electron chi connectivity index (χ4n) is 5.04. The van der Waals surface area contributed by atoms with E-state index in [1.165, 1.54) is 0 Å². The Hall–Kier alpha value is -2.86. The second-order valence-electron chi connectivity index (χ2n) is 8.08. The van der Waals surface area contributed by atoms with Gasteiger partial charge in [0.05, 0.1) is 26.7 Å². The smallest absolute Gasteiger partial charge is 0.203 e. The Morgan fingerprint density at radius 2 is 1.52 bits per heavy atom. The monoisotopic (exact) mass is 418 g/mol. The molecular formula is C26H26O5. The second kappa shape index (κ2) is 7.68. The zero-order chi connectivity index (χ0) is 21.5. The van der Waals surface area contributed by atoms with Crippen LogP contribution in [-0.2, 0) is 20.9 Å². The Balaban J connectivity index is 1.70. The lowest BCUT2D eigenvalue weighted by Crippen LogP contribution is -2.34. The number of aliphatic hydroxyl groups is 1. The van der Waals surface area contributed by atoms with Crippen molar-refractivity contribution in [1.82, 2.24) is 0 Å². The summed E-state index contributed by atoms with van der Waals surface area (Å²) >= 11 is 0. The first-order valence-electron chi connectivity index (χ1n) is 10.5. The van der Waals surface area contributed by atoms with Crippen LogP contribution in [0.2, 0.25) is 0 Å². The predicted molar refractivity (Wildman–Crippen MR) is 116 cm³/mol. The van der Waals surface area contributed by atoms with Crippen molar-refractivity contribution in [1.29, 1.82) is 0 Å². The summed E-state index contributed by atoms with van der Waals surface area (Å²) in [6.07, 6.45) is 0.261. The molecule has 3 aromatic rings. The first kappa shape index (κ1) is 20.1. The van der Waals surface area contributed by atoms with E-state index in [4.69, 9.17) is 18.9 Å². The molecule has 5 nitrogen and oxygen atoms in total. The van der Waals surface area contributed by atoms with Crippen LogP contribution in [0.25, 0.3) is 0 Å². The standard InChI is InChI=1S/C26H26O5/c1-28-21-12-6-8-18(16-21)23-24-25(14-15-30-24,20-11-7-13-22(17-20)29-2)31-26(23,27)19-9-4-3-5-10-19/h3-13,16-17,23-24,27H,14-15H2,1-2H3/t23-,24-,25+,26+/m0/s1. The minimum atomic E-state index is -1.57. The third kappa shape index (κ3) is 3.12. The van der Waals surface area contributed by atoms with E-state index in [9.17, 15) is 5.11 Å². The maximum absolute atomic E-state index is 12.1. The van der Waals surface area contributed by atoms with Gasteiger partial charge in [0, 0.05) is 12.0 Å². The number of hydrogen-bond acceptors (Lipinski definition) is 5. The molecule has 160 valence electrons. The molecule has 2 aliphatic heterocycles. The molecule has 2 saturated heterocycles. The fraction of sp³-hybridized carbons (Fsp3) is 0.308. The number of benzene rings is 3. The van der Waals surface area contributed by atoms with Gasteiger partial charge in [0.1, 0.15) is 23.2 Å². The largest absolute Gasteiger partial charge is 0.497 e. The third-order valence-electron chi connectivity index (χ3n) is 6.49. The minimum Gasteiger partial charge on any atom is -0.497 e. The molecule has 31 heavy (non-hydrogen) atoms. The maximum Gasteiger partial charge on any atom is 0.203 e. The van der Waals surface area contributed by atoms with Crippen molar-refractivity contribution in [3.8, 4) is 11.5 Å². The third-order valence-corrected chi connectivity index (χ3v) is 6.49. The van der Waals surface area contributed by atoms with E-state index in [1.807, 2.05) is 78.9 Å². The van der Waals surface area contributed by atoms with E-state index in [-0.39, 0.29) is 6.10 Å². The Labute approximate surface area is 182 Å². The van der Waals surface area contributed by atoms with Gasteiger partial charge in [-0.2, -0.15) is 0 Å². The summed E-state index contributed by atoms with van der Waals surface area (Å²) in [4.78, 5) is 0. The van der Waals surface area contributed by atoms with Crippen molar-refractivity contribution in [2.75, 3.05) is 20.8 Å². The van der Waals surface area contributed by atoms with Gasteiger partial charge in [0.15, 0.2) is 0 Å². The molecule has 0 saturated carbocycles. The number of ether oxygens (including phenoxy) is 4. The molecule has 0 unspecified atom stereocenters. The van der Waals surface area contributed by atoms with Gasteiger partial charge in [-0.05, 0) is 35.4 Å². The summed E-state index contributed by atoms with van der Waals surface area (Å²) in [6, 6.07) is 25.2. The van der Waals surface area contributed by atoms with Gasteiger partial charge >= 0.3 is 0 Å². The summed E-state index contributed by atoms with van der Waals surface area (Å²) in [6.45, 7) is 0.549. The Bertz CT molecular complexity index is 1070. The highest BCUT2D eigenvalue weighted by molar-refractivity contribution is 5.43. The Morgan fingerprint density at radius 1 is 0.839 bits per heavy atom. The van der Waals surface area contributed by atoms with Gasteiger partial charge in [-0.15, -0.1) is 0 Å². The molecule has 2 aliphatic rings. The van der Waals surface area contributed by atoms with Gasteiger partial charge in [0.2, 0.25) is 5.79 Å². The molecule has 2 fully saturated rings. The molecule has 0 radical (unpaired) electrons. The van der Waals surface area contributed by atoms with Crippen molar-refractivity contribution in [2.24, 2.45) is 0 Å². The summed E-state index contributed by atoms with van der Waals surface area (Å²) in [7, 11) is 3.29. The van der Waals surface area contributed by atoms with Gasteiger partial charge in [-0.1, -0.05) is 54.6 Å². The van der Waals surface area contributed by atoms with E-state index in [1.54, 1.807) is 14.2 Å². The van der Waals surface area contributed by atoms with Crippen LogP contribution in [-0.4, -0.2) is 32.0 Å². The molecule has 0 bridgehead atoms. The van der Waals surface area contributed by atoms with Crippen LogP contribution in [0.5, 0.6) is 11.5 Å². The molecule has 0 amide bonds. The van der Waals surface area contributed by atoms with Gasteiger partial charge in [-0.3, -0.25) is 0 Å². The summed E-state index contributed by atoms with van der Waals surface area (Å²) in [5.74, 6) is -0.542. The van der Waals surface area contributed by atoms with Gasteiger partial charge in [-0.25, -0.2) is 0 Å². The van der Waals surface area contributed by atoms with Crippen LogP contribution < -0.4 is 9.47 Å². The number of rotatable bonds is 5. The lowest BCUT2D eigenvalue weighted by Gasteiger charge is -2.32. The normalized spacial score (nSPS) is 29.5. The van der Waals surface area contributed by atoms with Crippen molar-refractivity contribution in [3.63, 3.8) is 0 Å². The second-order valence-corrected chi connectivity index (χ2v) is 8.08. The molecule has 3 aromatic carbocycles. The molecule has 5 heteroatoms. The number of fused-ring (bicyclic) bond motifs is 1. The van der Waals surface area contributed by atoms with E-state index in [0.717, 1.165) is 22.6 Å². The van der Waals surface area contributed by atoms with Crippen molar-refractivity contribution < 1.29 is 24.1 Å². The molecule has 4 atom stereocenters. The van der Waals surface area contributed by atoms with Crippen LogP contribution in [0.15, 0.2) is 78.9 Å². The molecule has 0 aromatic heterocycles.